The fourth-order valence-corrected chi connectivity index (χ4v) is 3.77. The number of morpholine rings is 1. The predicted molar refractivity (Wildman–Crippen MR) is 102 cm³/mol. The van der Waals surface area contributed by atoms with E-state index in [0.29, 0.717) is 19.0 Å². The second-order valence-electron chi connectivity index (χ2n) is 7.24. The maximum absolute atomic E-state index is 13.9. The van der Waals surface area contributed by atoms with Gasteiger partial charge in [0.1, 0.15) is 18.2 Å². The minimum atomic E-state index is -0.271. The highest BCUT2D eigenvalue weighted by molar-refractivity contribution is 5.70. The Labute approximate surface area is 159 Å². The van der Waals surface area contributed by atoms with Crippen molar-refractivity contribution in [2.75, 3.05) is 26.4 Å². The Morgan fingerprint density at radius 2 is 1.96 bits per heavy atom. The Kier molecular flexibility index (Phi) is 5.72. The third kappa shape index (κ3) is 4.32. The first kappa shape index (κ1) is 18.4. The molecule has 2 heterocycles. The van der Waals surface area contributed by atoms with Crippen LogP contribution in [0.15, 0.2) is 42.5 Å². The monoisotopic (exact) mass is 371 g/mol. The number of rotatable bonds is 5. The van der Waals surface area contributed by atoms with Gasteiger partial charge < -0.3 is 19.5 Å². The SMILES string of the molecule is C[C@@H]1NCCO[C@H]1c1ccc(-c2cc(F)ccc2OCC2CCCO2)cc1. The summed E-state index contributed by atoms with van der Waals surface area (Å²) in [4.78, 5) is 0. The number of benzene rings is 2. The average Bonchev–Trinajstić information content (AvgIpc) is 3.21. The van der Waals surface area contributed by atoms with E-state index in [2.05, 4.69) is 24.4 Å². The van der Waals surface area contributed by atoms with E-state index in [1.807, 2.05) is 12.1 Å². The topological polar surface area (TPSA) is 39.7 Å². The van der Waals surface area contributed by atoms with Gasteiger partial charge in [-0.2, -0.15) is 0 Å². The molecule has 27 heavy (non-hydrogen) atoms. The molecule has 0 spiro atoms. The first-order valence-corrected chi connectivity index (χ1v) is 9.70. The molecule has 1 unspecified atom stereocenters. The van der Waals surface area contributed by atoms with E-state index < -0.39 is 0 Å². The van der Waals surface area contributed by atoms with Crippen molar-refractivity contribution in [1.29, 1.82) is 0 Å². The molecule has 144 valence electrons. The van der Waals surface area contributed by atoms with Crippen LogP contribution in [0.5, 0.6) is 5.75 Å². The molecule has 4 nitrogen and oxygen atoms in total. The second-order valence-corrected chi connectivity index (χ2v) is 7.24. The van der Waals surface area contributed by atoms with Crippen LogP contribution in [-0.4, -0.2) is 38.5 Å². The summed E-state index contributed by atoms with van der Waals surface area (Å²) in [6.07, 6.45) is 2.25. The Hall–Kier alpha value is -1.95. The van der Waals surface area contributed by atoms with Crippen molar-refractivity contribution in [2.24, 2.45) is 0 Å². The maximum atomic E-state index is 13.9. The van der Waals surface area contributed by atoms with E-state index in [4.69, 9.17) is 14.2 Å². The van der Waals surface area contributed by atoms with Gasteiger partial charge in [-0.15, -0.1) is 0 Å². The van der Waals surface area contributed by atoms with Gasteiger partial charge in [-0.25, -0.2) is 4.39 Å². The van der Waals surface area contributed by atoms with E-state index in [1.165, 1.54) is 12.1 Å². The quantitative estimate of drug-likeness (QED) is 0.859. The van der Waals surface area contributed by atoms with Crippen molar-refractivity contribution in [3.8, 4) is 16.9 Å². The molecule has 0 saturated carbocycles. The summed E-state index contributed by atoms with van der Waals surface area (Å²) in [7, 11) is 0. The van der Waals surface area contributed by atoms with E-state index in [0.717, 1.165) is 42.7 Å². The predicted octanol–water partition coefficient (Wildman–Crippen LogP) is 4.10. The fourth-order valence-electron chi connectivity index (χ4n) is 3.77. The number of hydrogen-bond acceptors (Lipinski definition) is 4. The number of nitrogens with one attached hydrogen (secondary N) is 1. The summed E-state index contributed by atoms with van der Waals surface area (Å²) in [6, 6.07) is 13.1. The van der Waals surface area contributed by atoms with Crippen LogP contribution in [0.4, 0.5) is 4.39 Å². The maximum Gasteiger partial charge on any atom is 0.127 e. The lowest BCUT2D eigenvalue weighted by Crippen LogP contribution is -2.41. The van der Waals surface area contributed by atoms with Crippen molar-refractivity contribution in [2.45, 2.75) is 38.0 Å². The zero-order valence-corrected chi connectivity index (χ0v) is 15.6. The van der Waals surface area contributed by atoms with E-state index >= 15 is 0 Å². The van der Waals surface area contributed by atoms with Crippen molar-refractivity contribution in [1.82, 2.24) is 5.32 Å². The van der Waals surface area contributed by atoms with Gasteiger partial charge in [0, 0.05) is 24.8 Å². The highest BCUT2D eigenvalue weighted by Gasteiger charge is 2.23. The molecule has 2 fully saturated rings. The Bertz CT molecular complexity index is 759. The van der Waals surface area contributed by atoms with Crippen molar-refractivity contribution >= 4 is 0 Å². The third-order valence-electron chi connectivity index (χ3n) is 5.26. The van der Waals surface area contributed by atoms with Crippen LogP contribution in [0.1, 0.15) is 31.4 Å². The molecule has 4 rings (SSSR count). The lowest BCUT2D eigenvalue weighted by molar-refractivity contribution is -0.000215. The van der Waals surface area contributed by atoms with Crippen LogP contribution < -0.4 is 10.1 Å². The highest BCUT2D eigenvalue weighted by atomic mass is 19.1. The smallest absolute Gasteiger partial charge is 0.127 e. The van der Waals surface area contributed by atoms with Crippen LogP contribution in [0.2, 0.25) is 0 Å². The minimum absolute atomic E-state index is 0.0375. The molecule has 2 aromatic carbocycles. The van der Waals surface area contributed by atoms with Crippen LogP contribution in [-0.2, 0) is 9.47 Å². The lowest BCUT2D eigenvalue weighted by atomic mass is 9.98. The molecule has 1 N–H and O–H groups in total. The largest absolute Gasteiger partial charge is 0.490 e. The molecule has 2 aromatic rings. The zero-order valence-electron chi connectivity index (χ0n) is 15.6. The molecule has 0 radical (unpaired) electrons. The van der Waals surface area contributed by atoms with Gasteiger partial charge >= 0.3 is 0 Å². The molecular formula is C22H26FNO3. The highest BCUT2D eigenvalue weighted by Crippen LogP contribution is 2.33. The van der Waals surface area contributed by atoms with Crippen molar-refractivity contribution in [3.63, 3.8) is 0 Å². The minimum Gasteiger partial charge on any atom is -0.490 e. The van der Waals surface area contributed by atoms with Crippen LogP contribution in [0.25, 0.3) is 11.1 Å². The number of halogens is 1. The van der Waals surface area contributed by atoms with Gasteiger partial charge in [-0.05, 0) is 49.1 Å². The molecule has 0 aromatic heterocycles. The first-order valence-electron chi connectivity index (χ1n) is 9.70. The summed E-state index contributed by atoms with van der Waals surface area (Å²) in [5.74, 6) is 0.413. The first-order chi connectivity index (χ1) is 13.2. The van der Waals surface area contributed by atoms with Gasteiger partial charge in [0.25, 0.3) is 0 Å². The molecule has 3 atom stereocenters. The summed E-state index contributed by atoms with van der Waals surface area (Å²) < 4.78 is 31.4. The van der Waals surface area contributed by atoms with E-state index in [1.54, 1.807) is 6.07 Å². The fraction of sp³-hybridized carbons (Fsp3) is 0.455. The Morgan fingerprint density at radius 1 is 1.11 bits per heavy atom. The molecule has 2 saturated heterocycles. The average molecular weight is 371 g/mol. The number of ether oxygens (including phenoxy) is 3. The summed E-state index contributed by atoms with van der Waals surface area (Å²) >= 11 is 0. The lowest BCUT2D eigenvalue weighted by Gasteiger charge is -2.30. The molecule has 2 aliphatic rings. The van der Waals surface area contributed by atoms with Gasteiger partial charge in [-0.3, -0.25) is 0 Å². The summed E-state index contributed by atoms with van der Waals surface area (Å²) in [5.41, 5.74) is 2.81. The van der Waals surface area contributed by atoms with Gasteiger partial charge in [0.05, 0.1) is 18.8 Å². The molecule has 0 bridgehead atoms. The third-order valence-corrected chi connectivity index (χ3v) is 5.26. The molecule has 5 heteroatoms. The van der Waals surface area contributed by atoms with Crippen LogP contribution in [0, 0.1) is 5.82 Å². The molecular weight excluding hydrogens is 345 g/mol. The van der Waals surface area contributed by atoms with Crippen molar-refractivity contribution < 1.29 is 18.6 Å². The molecule has 0 amide bonds. The van der Waals surface area contributed by atoms with E-state index in [9.17, 15) is 4.39 Å². The van der Waals surface area contributed by atoms with Crippen LogP contribution in [0.3, 0.4) is 0 Å². The Balaban J connectivity index is 1.53. The molecule has 0 aliphatic carbocycles. The Morgan fingerprint density at radius 3 is 2.70 bits per heavy atom. The second kappa shape index (κ2) is 8.38. The molecule has 2 aliphatic heterocycles. The zero-order chi connectivity index (χ0) is 18.6. The van der Waals surface area contributed by atoms with Gasteiger partial charge in [0.2, 0.25) is 0 Å². The van der Waals surface area contributed by atoms with E-state index in [-0.39, 0.29) is 24.1 Å². The normalized spacial score (nSPS) is 25.5. The van der Waals surface area contributed by atoms with Crippen LogP contribution >= 0.6 is 0 Å². The summed E-state index contributed by atoms with van der Waals surface area (Å²) in [5, 5.41) is 3.43. The van der Waals surface area contributed by atoms with Gasteiger partial charge in [0.15, 0.2) is 0 Å². The summed E-state index contributed by atoms with van der Waals surface area (Å²) in [6.45, 7) is 5.01. The van der Waals surface area contributed by atoms with Gasteiger partial charge in [-0.1, -0.05) is 24.3 Å². The van der Waals surface area contributed by atoms with Crippen molar-refractivity contribution in [3.05, 3.63) is 53.8 Å². The standard InChI is InChI=1S/C22H26FNO3/c1-15-22(26-12-10-24-15)17-6-4-16(5-7-17)20-13-18(23)8-9-21(20)27-14-19-3-2-11-25-19/h4-9,13,15,19,22,24H,2-3,10-12,14H2,1H3/t15-,19?,22+/m0/s1. The number of hydrogen-bond donors (Lipinski definition) is 1.